The first-order valence-corrected chi connectivity index (χ1v) is 5.84. The standard InChI is InChI=1S/C12H15F3N2O/c13-8-1-2-9(14)12(15)11(8)10(7-18)17-5-3-16-4-6-17/h1-2,10,16,18H,3-7H2/t10-/m0/s1. The largest absolute Gasteiger partial charge is 0.394 e. The van der Waals surface area contributed by atoms with Crippen molar-refractivity contribution < 1.29 is 18.3 Å². The minimum absolute atomic E-state index is 0.389. The fraction of sp³-hybridized carbons (Fsp3) is 0.500. The molecule has 2 N–H and O–H groups in total. The molecule has 0 unspecified atom stereocenters. The molecule has 1 aliphatic heterocycles. The lowest BCUT2D eigenvalue weighted by Crippen LogP contribution is -2.46. The molecule has 0 spiro atoms. The summed E-state index contributed by atoms with van der Waals surface area (Å²) in [7, 11) is 0. The fourth-order valence-electron chi connectivity index (χ4n) is 2.23. The van der Waals surface area contributed by atoms with E-state index >= 15 is 0 Å². The van der Waals surface area contributed by atoms with Gasteiger partial charge in [0.25, 0.3) is 0 Å². The Labute approximate surface area is 103 Å². The molecule has 1 aromatic carbocycles. The van der Waals surface area contributed by atoms with Crippen molar-refractivity contribution in [2.24, 2.45) is 0 Å². The summed E-state index contributed by atoms with van der Waals surface area (Å²) in [6.07, 6.45) is 0. The van der Waals surface area contributed by atoms with Crippen LogP contribution in [0.25, 0.3) is 0 Å². The van der Waals surface area contributed by atoms with Gasteiger partial charge in [-0.25, -0.2) is 13.2 Å². The first kappa shape index (κ1) is 13.3. The molecule has 0 amide bonds. The van der Waals surface area contributed by atoms with E-state index in [9.17, 15) is 18.3 Å². The van der Waals surface area contributed by atoms with E-state index in [2.05, 4.69) is 5.32 Å². The Hall–Kier alpha value is -1.11. The van der Waals surface area contributed by atoms with Gasteiger partial charge in [0.15, 0.2) is 11.6 Å². The SMILES string of the molecule is OC[C@@H](c1c(F)ccc(F)c1F)N1CCNCC1. The summed E-state index contributed by atoms with van der Waals surface area (Å²) in [5.74, 6) is -3.14. The number of benzene rings is 1. The predicted molar refractivity (Wildman–Crippen MR) is 60.6 cm³/mol. The Morgan fingerprint density at radius 1 is 1.17 bits per heavy atom. The van der Waals surface area contributed by atoms with Crippen molar-refractivity contribution >= 4 is 0 Å². The van der Waals surface area contributed by atoms with Gasteiger partial charge in [-0.1, -0.05) is 0 Å². The summed E-state index contributed by atoms with van der Waals surface area (Å²) in [6.45, 7) is 2.02. The number of nitrogens with one attached hydrogen (secondary N) is 1. The van der Waals surface area contributed by atoms with E-state index in [0.29, 0.717) is 26.2 Å². The number of rotatable bonds is 3. The van der Waals surface area contributed by atoms with Gasteiger partial charge in [-0.05, 0) is 12.1 Å². The second kappa shape index (κ2) is 5.69. The molecule has 2 rings (SSSR count). The van der Waals surface area contributed by atoms with Crippen LogP contribution in [-0.4, -0.2) is 42.8 Å². The van der Waals surface area contributed by atoms with Crippen molar-refractivity contribution in [3.63, 3.8) is 0 Å². The summed E-state index contributed by atoms with van der Waals surface area (Å²) in [5, 5.41) is 12.5. The van der Waals surface area contributed by atoms with Crippen molar-refractivity contribution in [2.45, 2.75) is 6.04 Å². The van der Waals surface area contributed by atoms with Crippen molar-refractivity contribution in [2.75, 3.05) is 32.8 Å². The Morgan fingerprint density at radius 3 is 2.39 bits per heavy atom. The van der Waals surface area contributed by atoms with Gasteiger partial charge in [0, 0.05) is 31.7 Å². The molecular formula is C12H15F3N2O. The second-order valence-electron chi connectivity index (χ2n) is 4.24. The molecule has 1 fully saturated rings. The highest BCUT2D eigenvalue weighted by atomic mass is 19.2. The topological polar surface area (TPSA) is 35.5 Å². The van der Waals surface area contributed by atoms with E-state index < -0.39 is 30.1 Å². The molecule has 6 heteroatoms. The van der Waals surface area contributed by atoms with Crippen molar-refractivity contribution in [1.82, 2.24) is 10.2 Å². The van der Waals surface area contributed by atoms with Crippen LogP contribution in [0.2, 0.25) is 0 Å². The normalized spacial score (nSPS) is 18.9. The van der Waals surface area contributed by atoms with Gasteiger partial charge in [-0.3, -0.25) is 4.90 Å². The van der Waals surface area contributed by atoms with Gasteiger partial charge in [0.1, 0.15) is 5.82 Å². The minimum Gasteiger partial charge on any atom is -0.394 e. The van der Waals surface area contributed by atoms with Gasteiger partial charge in [-0.2, -0.15) is 0 Å². The molecule has 100 valence electrons. The fourth-order valence-corrected chi connectivity index (χ4v) is 2.23. The monoisotopic (exact) mass is 260 g/mol. The Kier molecular flexibility index (Phi) is 4.21. The lowest BCUT2D eigenvalue weighted by molar-refractivity contribution is 0.105. The maximum atomic E-state index is 13.7. The van der Waals surface area contributed by atoms with Crippen LogP contribution in [0, 0.1) is 17.5 Å². The smallest absolute Gasteiger partial charge is 0.166 e. The van der Waals surface area contributed by atoms with Crippen molar-refractivity contribution in [3.8, 4) is 0 Å². The third kappa shape index (κ3) is 2.50. The van der Waals surface area contributed by atoms with Crippen molar-refractivity contribution in [1.29, 1.82) is 0 Å². The van der Waals surface area contributed by atoms with Crippen LogP contribution in [0.3, 0.4) is 0 Å². The first-order chi connectivity index (χ1) is 8.65. The molecule has 0 aliphatic carbocycles. The molecule has 1 aromatic rings. The molecule has 0 radical (unpaired) electrons. The second-order valence-corrected chi connectivity index (χ2v) is 4.24. The summed E-state index contributed by atoms with van der Waals surface area (Å²) < 4.78 is 40.5. The summed E-state index contributed by atoms with van der Waals surface area (Å²) >= 11 is 0. The van der Waals surface area contributed by atoms with Crippen LogP contribution in [0.1, 0.15) is 11.6 Å². The molecular weight excluding hydrogens is 245 g/mol. The summed E-state index contributed by atoms with van der Waals surface area (Å²) in [4.78, 5) is 1.75. The third-order valence-corrected chi connectivity index (χ3v) is 3.18. The highest BCUT2D eigenvalue weighted by molar-refractivity contribution is 5.25. The zero-order chi connectivity index (χ0) is 13.1. The number of halogens is 3. The van der Waals surface area contributed by atoms with Crippen LogP contribution >= 0.6 is 0 Å². The van der Waals surface area contributed by atoms with Crippen LogP contribution < -0.4 is 5.32 Å². The van der Waals surface area contributed by atoms with E-state index in [0.717, 1.165) is 12.1 Å². The first-order valence-electron chi connectivity index (χ1n) is 5.84. The third-order valence-electron chi connectivity index (χ3n) is 3.18. The molecule has 0 saturated carbocycles. The van der Waals surface area contributed by atoms with Gasteiger partial charge >= 0.3 is 0 Å². The zero-order valence-corrected chi connectivity index (χ0v) is 9.80. The Bertz CT molecular complexity index is 422. The molecule has 0 aromatic heterocycles. The van der Waals surface area contributed by atoms with Gasteiger partial charge in [0.2, 0.25) is 0 Å². The van der Waals surface area contributed by atoms with Crippen LogP contribution in [0.4, 0.5) is 13.2 Å². The summed E-state index contributed by atoms with van der Waals surface area (Å²) in [5.41, 5.74) is -0.389. The molecule has 18 heavy (non-hydrogen) atoms. The number of aliphatic hydroxyl groups excluding tert-OH is 1. The van der Waals surface area contributed by atoms with E-state index in [1.165, 1.54) is 0 Å². The lowest BCUT2D eigenvalue weighted by Gasteiger charge is -2.34. The molecule has 1 heterocycles. The average molecular weight is 260 g/mol. The minimum atomic E-state index is -1.22. The van der Waals surface area contributed by atoms with E-state index in [4.69, 9.17) is 0 Å². The van der Waals surface area contributed by atoms with E-state index in [-0.39, 0.29) is 5.56 Å². The predicted octanol–water partition coefficient (Wildman–Crippen LogP) is 1.04. The number of hydrogen-bond donors (Lipinski definition) is 2. The lowest BCUT2D eigenvalue weighted by atomic mass is 10.0. The Balaban J connectivity index is 2.34. The van der Waals surface area contributed by atoms with Gasteiger partial charge < -0.3 is 10.4 Å². The zero-order valence-electron chi connectivity index (χ0n) is 9.80. The quantitative estimate of drug-likeness (QED) is 0.797. The number of aliphatic hydroxyl groups is 1. The number of piperazine rings is 1. The highest BCUT2D eigenvalue weighted by Gasteiger charge is 2.28. The molecule has 0 bridgehead atoms. The highest BCUT2D eigenvalue weighted by Crippen LogP contribution is 2.27. The summed E-state index contributed by atoms with van der Waals surface area (Å²) in [6, 6.07) is 0.793. The maximum Gasteiger partial charge on any atom is 0.166 e. The molecule has 1 aliphatic rings. The van der Waals surface area contributed by atoms with Gasteiger partial charge in [0.05, 0.1) is 12.6 Å². The van der Waals surface area contributed by atoms with Crippen LogP contribution in [0.5, 0.6) is 0 Å². The van der Waals surface area contributed by atoms with Crippen LogP contribution in [0.15, 0.2) is 12.1 Å². The average Bonchev–Trinajstić information content (AvgIpc) is 2.40. The van der Waals surface area contributed by atoms with Crippen molar-refractivity contribution in [3.05, 3.63) is 35.1 Å². The molecule has 1 saturated heterocycles. The molecule has 1 atom stereocenters. The Morgan fingerprint density at radius 2 is 1.78 bits per heavy atom. The number of nitrogens with zero attached hydrogens (tertiary/aromatic N) is 1. The van der Waals surface area contributed by atoms with E-state index in [1.54, 1.807) is 4.90 Å². The number of hydrogen-bond acceptors (Lipinski definition) is 3. The maximum absolute atomic E-state index is 13.7. The van der Waals surface area contributed by atoms with Gasteiger partial charge in [-0.15, -0.1) is 0 Å². The van der Waals surface area contributed by atoms with E-state index in [1.807, 2.05) is 0 Å². The van der Waals surface area contributed by atoms with Crippen LogP contribution in [-0.2, 0) is 0 Å². The molecule has 3 nitrogen and oxygen atoms in total.